The van der Waals surface area contributed by atoms with Crippen LogP contribution in [0.5, 0.6) is 0 Å². The molecule has 0 saturated heterocycles. The molecular formula is C18H30ClNO. The fraction of sp³-hybridized carbons (Fsp3) is 0.944. The Morgan fingerprint density at radius 2 is 1.62 bits per heavy atom. The minimum atomic E-state index is 0.0798. The van der Waals surface area contributed by atoms with E-state index in [-0.39, 0.29) is 17.4 Å². The first kappa shape index (κ1) is 15.6. The highest BCUT2D eigenvalue weighted by Crippen LogP contribution is 2.56. The van der Waals surface area contributed by atoms with E-state index >= 15 is 0 Å². The molecule has 0 heterocycles. The van der Waals surface area contributed by atoms with E-state index in [1.54, 1.807) is 0 Å². The van der Waals surface area contributed by atoms with Gasteiger partial charge in [0.1, 0.15) is 0 Å². The first-order chi connectivity index (χ1) is 9.88. The highest BCUT2D eigenvalue weighted by Gasteiger charge is 2.51. The highest BCUT2D eigenvalue weighted by atomic mass is 35.5. The molecule has 4 saturated carbocycles. The van der Waals surface area contributed by atoms with Crippen molar-refractivity contribution in [3.63, 3.8) is 0 Å². The molecule has 0 aliphatic heterocycles. The van der Waals surface area contributed by atoms with Crippen LogP contribution in [0, 0.1) is 35.0 Å². The van der Waals surface area contributed by atoms with Crippen molar-refractivity contribution in [1.29, 1.82) is 0 Å². The number of nitrogens with one attached hydrogen (secondary N) is 1. The lowest BCUT2D eigenvalue weighted by atomic mass is 9.51. The summed E-state index contributed by atoms with van der Waals surface area (Å²) in [6.45, 7) is 6.59. The van der Waals surface area contributed by atoms with Crippen LogP contribution >= 0.6 is 11.6 Å². The number of hydrogen-bond acceptors (Lipinski definition) is 1. The molecule has 1 unspecified atom stereocenters. The minimum Gasteiger partial charge on any atom is -0.353 e. The summed E-state index contributed by atoms with van der Waals surface area (Å²) in [6.07, 6.45) is 7.53. The van der Waals surface area contributed by atoms with Gasteiger partial charge in [-0.15, -0.1) is 11.6 Å². The average molecular weight is 312 g/mol. The van der Waals surface area contributed by atoms with Crippen molar-refractivity contribution in [2.24, 2.45) is 35.0 Å². The van der Waals surface area contributed by atoms with Crippen LogP contribution in [0.4, 0.5) is 0 Å². The van der Waals surface area contributed by atoms with Crippen molar-refractivity contribution < 1.29 is 4.79 Å². The number of halogens is 1. The topological polar surface area (TPSA) is 29.1 Å². The van der Waals surface area contributed by atoms with Gasteiger partial charge in [-0.05, 0) is 67.6 Å². The molecule has 4 rings (SSSR count). The number of amides is 1. The predicted molar refractivity (Wildman–Crippen MR) is 87.3 cm³/mol. The van der Waals surface area contributed by atoms with Crippen molar-refractivity contribution in [3.8, 4) is 0 Å². The second kappa shape index (κ2) is 5.76. The van der Waals surface area contributed by atoms with Gasteiger partial charge in [-0.2, -0.15) is 0 Å². The number of rotatable bonds is 4. The van der Waals surface area contributed by atoms with Crippen LogP contribution in [-0.2, 0) is 4.79 Å². The monoisotopic (exact) mass is 311 g/mol. The van der Waals surface area contributed by atoms with Gasteiger partial charge in [0.25, 0.3) is 0 Å². The third kappa shape index (κ3) is 3.11. The summed E-state index contributed by atoms with van der Waals surface area (Å²) in [5.41, 5.74) is 0.0798. The first-order valence-corrected chi connectivity index (χ1v) is 9.28. The second-order valence-electron chi connectivity index (χ2n) is 8.86. The molecule has 1 atom stereocenters. The molecular weight excluding hydrogens is 282 g/mol. The van der Waals surface area contributed by atoms with E-state index in [0.29, 0.717) is 23.6 Å². The van der Waals surface area contributed by atoms with Crippen LogP contribution < -0.4 is 5.32 Å². The molecule has 2 nitrogen and oxygen atoms in total. The lowest BCUT2D eigenvalue weighted by Gasteiger charge is -2.54. The summed E-state index contributed by atoms with van der Waals surface area (Å²) < 4.78 is 0. The molecule has 4 aliphatic carbocycles. The third-order valence-electron chi connectivity index (χ3n) is 6.29. The van der Waals surface area contributed by atoms with Crippen molar-refractivity contribution in [1.82, 2.24) is 5.32 Å². The Morgan fingerprint density at radius 1 is 1.10 bits per heavy atom. The summed E-state index contributed by atoms with van der Waals surface area (Å²) in [6, 6.07) is 0.194. The molecule has 4 fully saturated rings. The zero-order valence-corrected chi connectivity index (χ0v) is 14.5. The molecule has 0 aromatic carbocycles. The lowest BCUT2D eigenvalue weighted by molar-refractivity contribution is -0.139. The second-order valence-corrected chi connectivity index (χ2v) is 9.24. The van der Waals surface area contributed by atoms with Gasteiger partial charge in [0, 0.05) is 17.8 Å². The normalized spacial score (nSPS) is 39.3. The Labute approximate surface area is 134 Å². The van der Waals surface area contributed by atoms with Crippen LogP contribution in [0.25, 0.3) is 0 Å². The van der Waals surface area contributed by atoms with Gasteiger partial charge >= 0.3 is 0 Å². The molecule has 120 valence electrons. The summed E-state index contributed by atoms with van der Waals surface area (Å²) >= 11 is 5.94. The third-order valence-corrected chi connectivity index (χ3v) is 6.51. The van der Waals surface area contributed by atoms with Gasteiger partial charge in [-0.3, -0.25) is 4.79 Å². The van der Waals surface area contributed by atoms with E-state index in [4.69, 9.17) is 11.6 Å². The molecule has 0 radical (unpaired) electrons. The fourth-order valence-electron chi connectivity index (χ4n) is 5.45. The van der Waals surface area contributed by atoms with E-state index in [1.165, 1.54) is 32.1 Å². The van der Waals surface area contributed by atoms with Crippen molar-refractivity contribution in [3.05, 3.63) is 0 Å². The Morgan fingerprint density at radius 3 is 2.05 bits per heavy atom. The minimum absolute atomic E-state index is 0.0798. The molecule has 4 aliphatic rings. The maximum absolute atomic E-state index is 12.9. The standard InChI is InChI=1S/C18H30ClNO/c1-18(2,3)15(4-5-19)20-17(21)16-13-7-11-6-12(9-13)10-14(16)8-11/h11-16H,4-10H2,1-3H3,(H,20,21). The summed E-state index contributed by atoms with van der Waals surface area (Å²) in [5, 5.41) is 3.36. The molecule has 0 aromatic rings. The molecule has 0 spiro atoms. The Hall–Kier alpha value is -0.240. The van der Waals surface area contributed by atoms with E-state index in [1.807, 2.05) is 0 Å². The highest BCUT2D eigenvalue weighted by molar-refractivity contribution is 6.17. The number of alkyl halides is 1. The molecule has 21 heavy (non-hydrogen) atoms. The zero-order valence-electron chi connectivity index (χ0n) is 13.7. The molecule has 3 heteroatoms. The predicted octanol–water partition coefficient (Wildman–Crippen LogP) is 4.22. The van der Waals surface area contributed by atoms with Crippen molar-refractivity contribution >= 4 is 17.5 Å². The van der Waals surface area contributed by atoms with Crippen molar-refractivity contribution in [2.45, 2.75) is 65.3 Å². The molecule has 1 N–H and O–H groups in total. The van der Waals surface area contributed by atoms with Crippen LogP contribution in [0.1, 0.15) is 59.3 Å². The average Bonchev–Trinajstić information content (AvgIpc) is 2.35. The Balaban J connectivity index is 1.67. The number of hydrogen-bond donors (Lipinski definition) is 1. The number of carbonyl (C=O) groups excluding carboxylic acids is 1. The quantitative estimate of drug-likeness (QED) is 0.774. The van der Waals surface area contributed by atoms with E-state index in [9.17, 15) is 4.79 Å². The largest absolute Gasteiger partial charge is 0.353 e. The van der Waals surface area contributed by atoms with Gasteiger partial charge < -0.3 is 5.32 Å². The van der Waals surface area contributed by atoms with Crippen LogP contribution in [0.15, 0.2) is 0 Å². The van der Waals surface area contributed by atoms with Gasteiger partial charge in [0.05, 0.1) is 0 Å². The number of carbonyl (C=O) groups is 1. The fourth-order valence-corrected chi connectivity index (χ4v) is 5.67. The summed E-state index contributed by atoms with van der Waals surface area (Å²) in [5.74, 6) is 4.42. The van der Waals surface area contributed by atoms with Gasteiger partial charge in [-0.1, -0.05) is 20.8 Å². The summed E-state index contributed by atoms with van der Waals surface area (Å²) in [4.78, 5) is 12.9. The van der Waals surface area contributed by atoms with Gasteiger partial charge in [-0.25, -0.2) is 0 Å². The van der Waals surface area contributed by atoms with E-state index < -0.39 is 0 Å². The van der Waals surface area contributed by atoms with Gasteiger partial charge in [0.2, 0.25) is 5.91 Å². The maximum atomic E-state index is 12.9. The lowest BCUT2D eigenvalue weighted by Crippen LogP contribution is -2.54. The Kier molecular flexibility index (Phi) is 4.29. The smallest absolute Gasteiger partial charge is 0.223 e. The molecule has 0 aromatic heterocycles. The van der Waals surface area contributed by atoms with Crippen LogP contribution in [0.3, 0.4) is 0 Å². The van der Waals surface area contributed by atoms with Crippen LogP contribution in [-0.4, -0.2) is 17.8 Å². The maximum Gasteiger partial charge on any atom is 0.223 e. The molecule has 4 bridgehead atoms. The van der Waals surface area contributed by atoms with Crippen molar-refractivity contribution in [2.75, 3.05) is 5.88 Å². The zero-order chi connectivity index (χ0) is 15.2. The molecule has 1 amide bonds. The Bertz CT molecular complexity index is 373. The first-order valence-electron chi connectivity index (χ1n) is 8.74. The van der Waals surface area contributed by atoms with Gasteiger partial charge in [0.15, 0.2) is 0 Å². The van der Waals surface area contributed by atoms with E-state index in [2.05, 4.69) is 26.1 Å². The van der Waals surface area contributed by atoms with Crippen LogP contribution in [0.2, 0.25) is 0 Å². The van der Waals surface area contributed by atoms with E-state index in [0.717, 1.165) is 18.3 Å². The summed E-state index contributed by atoms with van der Waals surface area (Å²) in [7, 11) is 0. The SMILES string of the molecule is CC(C)(C)C(CCCl)NC(=O)C1C2CC3CC(C2)CC1C3.